The number of nitrogens with zero attached hydrogens (tertiary/aromatic N) is 3. The summed E-state index contributed by atoms with van der Waals surface area (Å²) in [4.78, 5) is 19.2. The van der Waals surface area contributed by atoms with Crippen molar-refractivity contribution in [2.75, 3.05) is 20.8 Å². The largest absolute Gasteiger partial charge is 0.493 e. The highest BCUT2D eigenvalue weighted by Crippen LogP contribution is 2.35. The standard InChI is InChI=1S/C20H17N3O3S/c1-23-19(24)18(27-20(23)22-15-6-4-3-5-7-15)13-14-8-9-16(26-11-10-21)17(12-14)25-2/h3-9,12-13H,11H2,1-2H3/b18-13-,22-20?. The number of benzene rings is 2. The van der Waals surface area contributed by atoms with Crippen LogP contribution in [-0.4, -0.2) is 36.7 Å². The highest BCUT2D eigenvalue weighted by Gasteiger charge is 2.30. The minimum atomic E-state index is -0.113. The summed E-state index contributed by atoms with van der Waals surface area (Å²) in [6.45, 7) is -0.0603. The van der Waals surface area contributed by atoms with Crippen LogP contribution in [0.1, 0.15) is 5.56 Å². The third-order valence-corrected chi connectivity index (χ3v) is 4.82. The molecule has 0 atom stereocenters. The molecule has 1 aliphatic rings. The quantitative estimate of drug-likeness (QED) is 0.738. The van der Waals surface area contributed by atoms with Crippen molar-refractivity contribution in [2.45, 2.75) is 0 Å². The van der Waals surface area contributed by atoms with Gasteiger partial charge in [-0.15, -0.1) is 0 Å². The predicted octanol–water partition coefficient (Wildman–Crippen LogP) is 3.83. The molecule has 1 saturated heterocycles. The molecule has 136 valence electrons. The van der Waals surface area contributed by atoms with Crippen LogP contribution >= 0.6 is 11.8 Å². The summed E-state index contributed by atoms with van der Waals surface area (Å²) in [5.74, 6) is 0.870. The van der Waals surface area contributed by atoms with E-state index in [0.717, 1.165) is 11.3 Å². The van der Waals surface area contributed by atoms with Gasteiger partial charge in [0.05, 0.1) is 17.7 Å². The van der Waals surface area contributed by atoms with Gasteiger partial charge in [0.1, 0.15) is 6.07 Å². The first kappa shape index (κ1) is 18.5. The number of rotatable bonds is 5. The lowest BCUT2D eigenvalue weighted by Gasteiger charge is -2.09. The molecule has 27 heavy (non-hydrogen) atoms. The molecule has 0 unspecified atom stereocenters. The van der Waals surface area contributed by atoms with Crippen molar-refractivity contribution >= 4 is 34.6 Å². The van der Waals surface area contributed by atoms with Gasteiger partial charge < -0.3 is 9.47 Å². The normalized spacial score (nSPS) is 16.6. The number of thioether (sulfide) groups is 1. The first-order valence-corrected chi connectivity index (χ1v) is 8.93. The van der Waals surface area contributed by atoms with Crippen molar-refractivity contribution in [3.05, 3.63) is 59.0 Å². The van der Waals surface area contributed by atoms with Gasteiger partial charge in [0.2, 0.25) is 0 Å². The molecule has 0 radical (unpaired) electrons. The van der Waals surface area contributed by atoms with Crippen LogP contribution in [0.4, 0.5) is 5.69 Å². The molecule has 0 aliphatic carbocycles. The summed E-state index contributed by atoms with van der Waals surface area (Å²) >= 11 is 1.32. The molecular weight excluding hydrogens is 362 g/mol. The Labute approximate surface area is 161 Å². The van der Waals surface area contributed by atoms with Crippen LogP contribution in [0.5, 0.6) is 11.5 Å². The van der Waals surface area contributed by atoms with E-state index >= 15 is 0 Å². The number of methoxy groups -OCH3 is 1. The number of likely N-dealkylation sites (N-methyl/N-ethyl adjacent to an activating group) is 1. The maximum Gasteiger partial charge on any atom is 0.266 e. The summed E-state index contributed by atoms with van der Waals surface area (Å²) in [5.41, 5.74) is 1.59. The highest BCUT2D eigenvalue weighted by molar-refractivity contribution is 8.18. The van der Waals surface area contributed by atoms with Crippen molar-refractivity contribution < 1.29 is 14.3 Å². The molecule has 1 amide bonds. The zero-order valence-corrected chi connectivity index (χ0v) is 15.7. The molecule has 1 heterocycles. The molecule has 0 bridgehead atoms. The van der Waals surface area contributed by atoms with Crippen LogP contribution < -0.4 is 9.47 Å². The summed E-state index contributed by atoms with van der Waals surface area (Å²) in [5, 5.41) is 9.26. The van der Waals surface area contributed by atoms with Crippen LogP contribution in [-0.2, 0) is 4.79 Å². The second kappa shape index (κ2) is 8.43. The smallest absolute Gasteiger partial charge is 0.266 e. The van der Waals surface area contributed by atoms with Crippen LogP contribution in [0.25, 0.3) is 6.08 Å². The molecule has 0 saturated carbocycles. The zero-order chi connectivity index (χ0) is 19.2. The maximum absolute atomic E-state index is 12.5. The van der Waals surface area contributed by atoms with E-state index in [-0.39, 0.29) is 12.5 Å². The van der Waals surface area contributed by atoms with E-state index in [1.165, 1.54) is 23.8 Å². The SMILES string of the molecule is COc1cc(/C=C2\SC(=Nc3ccccc3)N(C)C2=O)ccc1OCC#N. The van der Waals surface area contributed by atoms with E-state index in [4.69, 9.17) is 14.7 Å². The number of carbonyl (C=O) groups is 1. The number of hydrogen-bond donors (Lipinski definition) is 0. The Kier molecular flexibility index (Phi) is 5.79. The lowest BCUT2D eigenvalue weighted by molar-refractivity contribution is -0.121. The average molecular weight is 379 g/mol. The fraction of sp³-hybridized carbons (Fsp3) is 0.150. The Hall–Kier alpha value is -3.24. The number of carbonyl (C=O) groups excluding carboxylic acids is 1. The molecule has 2 aromatic carbocycles. The van der Waals surface area contributed by atoms with Gasteiger partial charge in [-0.1, -0.05) is 24.3 Å². The Morgan fingerprint density at radius 3 is 2.70 bits per heavy atom. The molecule has 0 N–H and O–H groups in total. The van der Waals surface area contributed by atoms with Crippen LogP contribution in [0, 0.1) is 11.3 Å². The predicted molar refractivity (Wildman–Crippen MR) is 106 cm³/mol. The van der Waals surface area contributed by atoms with E-state index in [1.807, 2.05) is 42.5 Å². The second-order valence-electron chi connectivity index (χ2n) is 5.56. The number of hydrogen-bond acceptors (Lipinski definition) is 6. The van der Waals surface area contributed by atoms with E-state index in [0.29, 0.717) is 21.6 Å². The molecule has 0 spiro atoms. The third-order valence-electron chi connectivity index (χ3n) is 3.76. The van der Waals surface area contributed by atoms with Gasteiger partial charge in [-0.25, -0.2) is 4.99 Å². The monoisotopic (exact) mass is 379 g/mol. The van der Waals surface area contributed by atoms with Crippen molar-refractivity contribution in [2.24, 2.45) is 4.99 Å². The summed E-state index contributed by atoms with van der Waals surface area (Å²) in [6, 6.07) is 16.7. The highest BCUT2D eigenvalue weighted by atomic mass is 32.2. The lowest BCUT2D eigenvalue weighted by atomic mass is 10.2. The van der Waals surface area contributed by atoms with E-state index in [2.05, 4.69) is 4.99 Å². The Balaban J connectivity index is 1.86. The fourth-order valence-corrected chi connectivity index (χ4v) is 3.41. The number of amides is 1. The van der Waals surface area contributed by atoms with Crippen molar-refractivity contribution in [3.8, 4) is 17.6 Å². The summed E-state index contributed by atoms with van der Waals surface area (Å²) in [6.07, 6.45) is 1.79. The van der Waals surface area contributed by atoms with Gasteiger partial charge >= 0.3 is 0 Å². The molecule has 2 aromatic rings. The van der Waals surface area contributed by atoms with E-state index < -0.39 is 0 Å². The molecular formula is C20H17N3O3S. The number of ether oxygens (including phenoxy) is 2. The van der Waals surface area contributed by atoms with Gasteiger partial charge in [-0.05, 0) is 47.7 Å². The van der Waals surface area contributed by atoms with Gasteiger partial charge in [0, 0.05) is 7.05 Å². The lowest BCUT2D eigenvalue weighted by Crippen LogP contribution is -2.23. The van der Waals surface area contributed by atoms with Crippen LogP contribution in [0.3, 0.4) is 0 Å². The minimum absolute atomic E-state index is 0.0603. The van der Waals surface area contributed by atoms with E-state index in [1.54, 1.807) is 25.3 Å². The molecule has 3 rings (SSSR count). The third kappa shape index (κ3) is 4.30. The minimum Gasteiger partial charge on any atom is -0.493 e. The number of nitriles is 1. The zero-order valence-electron chi connectivity index (χ0n) is 14.9. The Morgan fingerprint density at radius 1 is 1.22 bits per heavy atom. The van der Waals surface area contributed by atoms with Crippen molar-refractivity contribution in [1.82, 2.24) is 4.90 Å². The summed E-state index contributed by atoms with van der Waals surface area (Å²) in [7, 11) is 3.23. The molecule has 1 fully saturated rings. The maximum atomic E-state index is 12.5. The van der Waals surface area contributed by atoms with Gasteiger partial charge in [0.15, 0.2) is 23.3 Å². The Morgan fingerprint density at radius 2 is 2.00 bits per heavy atom. The second-order valence-corrected chi connectivity index (χ2v) is 6.57. The molecule has 1 aliphatic heterocycles. The van der Waals surface area contributed by atoms with Gasteiger partial charge in [0.25, 0.3) is 5.91 Å². The fourth-order valence-electron chi connectivity index (χ4n) is 2.42. The molecule has 0 aromatic heterocycles. The number of aliphatic imine (C=N–C) groups is 1. The summed E-state index contributed by atoms with van der Waals surface area (Å²) < 4.78 is 10.6. The first-order chi connectivity index (χ1) is 13.1. The van der Waals surface area contributed by atoms with Crippen LogP contribution in [0.2, 0.25) is 0 Å². The van der Waals surface area contributed by atoms with Crippen LogP contribution in [0.15, 0.2) is 58.4 Å². The molecule has 6 nitrogen and oxygen atoms in total. The Bertz CT molecular complexity index is 949. The van der Waals surface area contributed by atoms with E-state index in [9.17, 15) is 4.79 Å². The van der Waals surface area contributed by atoms with Crippen molar-refractivity contribution in [3.63, 3.8) is 0 Å². The van der Waals surface area contributed by atoms with Gasteiger partial charge in [-0.2, -0.15) is 5.26 Å². The first-order valence-electron chi connectivity index (χ1n) is 8.11. The number of amidine groups is 1. The molecule has 7 heteroatoms. The number of para-hydroxylation sites is 1. The van der Waals surface area contributed by atoms with Crippen molar-refractivity contribution in [1.29, 1.82) is 5.26 Å². The average Bonchev–Trinajstić information content (AvgIpc) is 2.95. The van der Waals surface area contributed by atoms with Gasteiger partial charge in [-0.3, -0.25) is 9.69 Å². The topological polar surface area (TPSA) is 74.9 Å².